The summed E-state index contributed by atoms with van der Waals surface area (Å²) in [5, 5.41) is 2.12. The van der Waals surface area contributed by atoms with Gasteiger partial charge in [0.05, 0.1) is 31.7 Å². The minimum Gasteiger partial charge on any atom is -0.493 e. The van der Waals surface area contributed by atoms with Crippen molar-refractivity contribution >= 4 is 27.5 Å². The number of benzene rings is 3. The number of ketones is 1. The Balaban J connectivity index is 1.44. The molecule has 3 aromatic carbocycles. The lowest BCUT2D eigenvalue weighted by atomic mass is 9.98. The Labute approximate surface area is 215 Å². The first-order chi connectivity index (χ1) is 18.3. The third kappa shape index (κ3) is 4.95. The zero-order valence-corrected chi connectivity index (χ0v) is 20.4. The first-order valence-corrected chi connectivity index (χ1v) is 11.5. The van der Waals surface area contributed by atoms with E-state index >= 15 is 0 Å². The molecule has 0 aliphatic carbocycles. The average Bonchev–Trinajstić information content (AvgIpc) is 2.91. The van der Waals surface area contributed by atoms with E-state index in [4.69, 9.17) is 14.2 Å². The molecule has 0 aliphatic rings. The number of pyridine rings is 2. The molecule has 0 saturated carbocycles. The van der Waals surface area contributed by atoms with Crippen LogP contribution in [0, 0.1) is 0 Å². The van der Waals surface area contributed by atoms with E-state index in [1.54, 1.807) is 68.9 Å². The normalized spacial score (nSPS) is 11.5. The van der Waals surface area contributed by atoms with Gasteiger partial charge in [-0.2, -0.15) is 13.2 Å². The third-order valence-corrected chi connectivity index (χ3v) is 6.07. The molecule has 5 rings (SSSR count). The maximum Gasteiger partial charge on any atom is 0.416 e. The number of fused-ring (bicyclic) bond motifs is 2. The van der Waals surface area contributed by atoms with E-state index in [-0.39, 0.29) is 17.9 Å². The molecule has 0 atom stereocenters. The number of ether oxygens (including phenoxy) is 3. The molecule has 0 N–H and O–H groups in total. The van der Waals surface area contributed by atoms with Crippen molar-refractivity contribution in [3.8, 4) is 23.0 Å². The molecule has 0 bridgehead atoms. The average molecular weight is 518 g/mol. The fraction of sp³-hybridized carbons (Fsp3) is 0.138. The Bertz CT molecular complexity index is 1670. The van der Waals surface area contributed by atoms with Crippen LogP contribution in [0.4, 0.5) is 13.2 Å². The number of alkyl halides is 3. The van der Waals surface area contributed by atoms with Gasteiger partial charge in [0.2, 0.25) is 0 Å². The summed E-state index contributed by atoms with van der Waals surface area (Å²) in [6, 6.07) is 17.5. The van der Waals surface area contributed by atoms with Crippen LogP contribution in [-0.2, 0) is 12.6 Å². The Morgan fingerprint density at radius 2 is 1.58 bits per heavy atom. The highest BCUT2D eigenvalue weighted by molar-refractivity contribution is 6.09. The van der Waals surface area contributed by atoms with Crippen LogP contribution < -0.4 is 14.2 Å². The van der Waals surface area contributed by atoms with Gasteiger partial charge in [-0.25, -0.2) is 0 Å². The lowest BCUT2D eigenvalue weighted by molar-refractivity contribution is -0.137. The molecule has 0 spiro atoms. The van der Waals surface area contributed by atoms with Crippen LogP contribution in [0.25, 0.3) is 21.7 Å². The van der Waals surface area contributed by atoms with E-state index in [1.807, 2.05) is 6.07 Å². The number of halogens is 3. The van der Waals surface area contributed by atoms with Crippen LogP contribution in [0.2, 0.25) is 0 Å². The summed E-state index contributed by atoms with van der Waals surface area (Å²) in [5.41, 5.74) is 0.268. The largest absolute Gasteiger partial charge is 0.493 e. The molecule has 0 unspecified atom stereocenters. The van der Waals surface area contributed by atoms with E-state index in [1.165, 1.54) is 0 Å². The van der Waals surface area contributed by atoms with Crippen LogP contribution in [0.15, 0.2) is 79.1 Å². The highest BCUT2D eigenvalue weighted by Gasteiger charge is 2.30. The van der Waals surface area contributed by atoms with E-state index in [0.717, 1.165) is 29.1 Å². The number of Topliss-reactive ketones (excluding diaryl/α,β-unsaturated/α-hetero) is 1. The fourth-order valence-corrected chi connectivity index (χ4v) is 4.24. The molecule has 0 fully saturated rings. The third-order valence-electron chi connectivity index (χ3n) is 6.07. The van der Waals surface area contributed by atoms with Gasteiger partial charge < -0.3 is 14.2 Å². The zero-order chi connectivity index (χ0) is 26.9. The standard InChI is InChI=1S/C29H21F3N2O4/c1-36-27-15-23-24(16-28(27)37-2)34-11-9-26(23)38-20-6-7-21-17(12-20)4-3-5-22(21)25(35)14-19-13-18(8-10-33-19)29(30,31)32/h3-13,15-16H,14H2,1-2H3. The monoisotopic (exact) mass is 518 g/mol. The number of hydrogen-bond acceptors (Lipinski definition) is 6. The summed E-state index contributed by atoms with van der Waals surface area (Å²) in [6.45, 7) is 0. The summed E-state index contributed by atoms with van der Waals surface area (Å²) in [6.07, 6.45) is -2.07. The maximum atomic E-state index is 13.0. The molecule has 38 heavy (non-hydrogen) atoms. The molecular formula is C29H21F3N2O4. The second-order valence-corrected chi connectivity index (χ2v) is 8.46. The number of rotatable bonds is 7. The number of hydrogen-bond donors (Lipinski definition) is 0. The van der Waals surface area contributed by atoms with Gasteiger partial charge in [-0.05, 0) is 53.2 Å². The van der Waals surface area contributed by atoms with Gasteiger partial charge in [0.1, 0.15) is 11.5 Å². The summed E-state index contributed by atoms with van der Waals surface area (Å²) >= 11 is 0. The Morgan fingerprint density at radius 1 is 0.816 bits per heavy atom. The lowest BCUT2D eigenvalue weighted by Crippen LogP contribution is -2.09. The summed E-state index contributed by atoms with van der Waals surface area (Å²) in [7, 11) is 3.10. The van der Waals surface area contributed by atoms with Gasteiger partial charge in [-0.3, -0.25) is 14.8 Å². The molecule has 192 valence electrons. The molecule has 0 radical (unpaired) electrons. The van der Waals surface area contributed by atoms with Crippen LogP contribution >= 0.6 is 0 Å². The Kier molecular flexibility index (Phi) is 6.59. The van der Waals surface area contributed by atoms with Gasteiger partial charge in [-0.15, -0.1) is 0 Å². The minimum atomic E-state index is -4.51. The highest BCUT2D eigenvalue weighted by Crippen LogP contribution is 2.37. The van der Waals surface area contributed by atoms with Crippen molar-refractivity contribution < 1.29 is 32.2 Å². The Hall–Kier alpha value is -4.66. The number of carbonyl (C=O) groups is 1. The summed E-state index contributed by atoms with van der Waals surface area (Å²) < 4.78 is 56.1. The molecule has 2 aromatic heterocycles. The topological polar surface area (TPSA) is 70.5 Å². The number of carbonyl (C=O) groups excluding carboxylic acids is 1. The van der Waals surface area contributed by atoms with Crippen molar-refractivity contribution in [2.24, 2.45) is 0 Å². The number of nitrogens with zero attached hydrogens (tertiary/aromatic N) is 2. The number of methoxy groups -OCH3 is 2. The summed E-state index contributed by atoms with van der Waals surface area (Å²) in [5.74, 6) is 1.84. The predicted octanol–water partition coefficient (Wildman–Crippen LogP) is 7.04. The number of aromatic nitrogens is 2. The van der Waals surface area contributed by atoms with Crippen LogP contribution in [-0.4, -0.2) is 30.0 Å². The van der Waals surface area contributed by atoms with Gasteiger partial charge in [0.25, 0.3) is 0 Å². The van der Waals surface area contributed by atoms with Gasteiger partial charge in [0.15, 0.2) is 17.3 Å². The fourth-order valence-electron chi connectivity index (χ4n) is 4.24. The van der Waals surface area contributed by atoms with Crippen molar-refractivity contribution in [2.75, 3.05) is 14.2 Å². The molecule has 9 heteroatoms. The van der Waals surface area contributed by atoms with Crippen molar-refractivity contribution in [3.05, 3.63) is 95.9 Å². The molecule has 2 heterocycles. The van der Waals surface area contributed by atoms with Crippen molar-refractivity contribution in [1.29, 1.82) is 0 Å². The van der Waals surface area contributed by atoms with Crippen LogP contribution in [0.1, 0.15) is 21.6 Å². The molecule has 0 amide bonds. The molecule has 0 aliphatic heterocycles. The zero-order valence-electron chi connectivity index (χ0n) is 20.4. The van der Waals surface area contributed by atoms with E-state index in [0.29, 0.717) is 39.5 Å². The van der Waals surface area contributed by atoms with Crippen molar-refractivity contribution in [1.82, 2.24) is 9.97 Å². The molecule has 5 aromatic rings. The SMILES string of the molecule is COc1cc2nccc(Oc3ccc4c(C(=O)Cc5cc(C(F)(F)F)ccn5)cccc4c3)c2cc1OC. The second-order valence-electron chi connectivity index (χ2n) is 8.46. The van der Waals surface area contributed by atoms with Crippen molar-refractivity contribution in [3.63, 3.8) is 0 Å². The highest BCUT2D eigenvalue weighted by atomic mass is 19.4. The predicted molar refractivity (Wildman–Crippen MR) is 136 cm³/mol. The molecule has 6 nitrogen and oxygen atoms in total. The van der Waals surface area contributed by atoms with Crippen LogP contribution in [0.5, 0.6) is 23.0 Å². The van der Waals surface area contributed by atoms with Crippen LogP contribution in [0.3, 0.4) is 0 Å². The molecular weight excluding hydrogens is 497 g/mol. The smallest absolute Gasteiger partial charge is 0.416 e. The lowest BCUT2D eigenvalue weighted by Gasteiger charge is -2.13. The first-order valence-electron chi connectivity index (χ1n) is 11.5. The summed E-state index contributed by atoms with van der Waals surface area (Å²) in [4.78, 5) is 21.4. The minimum absolute atomic E-state index is 0.0541. The van der Waals surface area contributed by atoms with Gasteiger partial charge in [0, 0.05) is 35.1 Å². The molecule has 0 saturated heterocycles. The van der Waals surface area contributed by atoms with E-state index in [9.17, 15) is 18.0 Å². The Morgan fingerprint density at radius 3 is 2.34 bits per heavy atom. The first kappa shape index (κ1) is 25.0. The second kappa shape index (κ2) is 10.0. The maximum absolute atomic E-state index is 13.0. The van der Waals surface area contributed by atoms with E-state index in [2.05, 4.69) is 9.97 Å². The quantitative estimate of drug-likeness (QED) is 0.215. The van der Waals surface area contributed by atoms with Crippen molar-refractivity contribution in [2.45, 2.75) is 12.6 Å². The van der Waals surface area contributed by atoms with E-state index < -0.39 is 11.7 Å². The van der Waals surface area contributed by atoms with Gasteiger partial charge >= 0.3 is 6.18 Å². The van der Waals surface area contributed by atoms with Gasteiger partial charge in [-0.1, -0.05) is 18.2 Å².